The number of esters is 1. The summed E-state index contributed by atoms with van der Waals surface area (Å²) in [5, 5.41) is 0. The molecule has 0 amide bonds. The fourth-order valence-electron chi connectivity index (χ4n) is 0.865. The van der Waals surface area contributed by atoms with Crippen molar-refractivity contribution in [2.75, 3.05) is 0 Å². The number of ether oxygens (including phenoxy) is 2. The number of carbonyl (C=O) groups excluding carboxylic acids is 1. The van der Waals surface area contributed by atoms with Gasteiger partial charge in [-0.2, -0.15) is 0 Å². The molecule has 0 heterocycles. The molecule has 0 saturated heterocycles. The minimum Gasteiger partial charge on any atom is -0.465 e. The topological polar surface area (TPSA) is 35.5 Å². The predicted octanol–water partition coefficient (Wildman–Crippen LogP) is 2.30. The maximum Gasteiger partial charge on any atom is 0.335 e. The number of rotatable bonds is 4. The highest BCUT2D eigenvalue weighted by molar-refractivity contribution is 5.83. The average molecular weight is 190 g/mol. The highest BCUT2D eigenvalue weighted by atomic mass is 16.5. The molecule has 1 aromatic carbocycles. The molecule has 0 saturated carbocycles. The van der Waals surface area contributed by atoms with Crippen molar-refractivity contribution in [3.05, 3.63) is 49.8 Å². The summed E-state index contributed by atoms with van der Waals surface area (Å²) in [6.45, 7) is 6.71. The van der Waals surface area contributed by atoms with Crippen LogP contribution < -0.4 is 9.47 Å². The lowest BCUT2D eigenvalue weighted by Crippen LogP contribution is -2.02. The average Bonchev–Trinajstić information content (AvgIpc) is 2.19. The second kappa shape index (κ2) is 4.87. The van der Waals surface area contributed by atoms with E-state index in [1.807, 2.05) is 0 Å². The molecular formula is C11H10O3. The second-order valence-electron chi connectivity index (χ2n) is 2.38. The lowest BCUT2D eigenvalue weighted by Gasteiger charge is -2.03. The van der Waals surface area contributed by atoms with Crippen molar-refractivity contribution in [3.63, 3.8) is 0 Å². The molecule has 0 aliphatic heterocycles. The minimum atomic E-state index is -0.499. The summed E-state index contributed by atoms with van der Waals surface area (Å²) in [6, 6.07) is 6.68. The SMILES string of the molecule is C=COc1cccc(OC(=O)C=C)c1. The minimum absolute atomic E-state index is 0.411. The van der Waals surface area contributed by atoms with Crippen LogP contribution in [-0.2, 0) is 4.79 Å². The van der Waals surface area contributed by atoms with E-state index in [9.17, 15) is 4.79 Å². The smallest absolute Gasteiger partial charge is 0.335 e. The summed E-state index contributed by atoms with van der Waals surface area (Å²) >= 11 is 0. The normalized spacial score (nSPS) is 8.86. The van der Waals surface area contributed by atoms with Crippen molar-refractivity contribution >= 4 is 5.97 Å². The van der Waals surface area contributed by atoms with Crippen LogP contribution in [0.2, 0.25) is 0 Å². The van der Waals surface area contributed by atoms with Crippen LogP contribution in [0.3, 0.4) is 0 Å². The van der Waals surface area contributed by atoms with E-state index < -0.39 is 5.97 Å². The predicted molar refractivity (Wildman–Crippen MR) is 53.1 cm³/mol. The van der Waals surface area contributed by atoms with Gasteiger partial charge in [0.15, 0.2) is 0 Å². The zero-order valence-electron chi connectivity index (χ0n) is 7.60. The van der Waals surface area contributed by atoms with E-state index in [0.717, 1.165) is 6.08 Å². The Hall–Kier alpha value is -2.03. The second-order valence-corrected chi connectivity index (χ2v) is 2.38. The summed E-state index contributed by atoms with van der Waals surface area (Å²) in [6.07, 6.45) is 2.40. The highest BCUT2D eigenvalue weighted by Crippen LogP contribution is 2.19. The van der Waals surface area contributed by atoms with Gasteiger partial charge in [-0.1, -0.05) is 19.2 Å². The van der Waals surface area contributed by atoms with Gasteiger partial charge in [0.25, 0.3) is 0 Å². The van der Waals surface area contributed by atoms with Crippen LogP contribution in [0.5, 0.6) is 11.5 Å². The van der Waals surface area contributed by atoms with Gasteiger partial charge in [0.05, 0.1) is 6.26 Å². The molecule has 0 aromatic heterocycles. The molecule has 1 rings (SSSR count). The fourth-order valence-corrected chi connectivity index (χ4v) is 0.865. The van der Waals surface area contributed by atoms with Crippen LogP contribution in [0.25, 0.3) is 0 Å². The lowest BCUT2D eigenvalue weighted by molar-refractivity contribution is -0.128. The molecule has 0 radical (unpaired) electrons. The molecular weight excluding hydrogens is 180 g/mol. The molecule has 0 unspecified atom stereocenters. The number of hydrogen-bond donors (Lipinski definition) is 0. The first-order valence-electron chi connectivity index (χ1n) is 3.98. The van der Waals surface area contributed by atoms with Crippen LogP contribution in [0.15, 0.2) is 49.8 Å². The molecule has 3 heteroatoms. The first kappa shape index (κ1) is 10.1. The number of benzene rings is 1. The van der Waals surface area contributed by atoms with Gasteiger partial charge in [0.2, 0.25) is 0 Å². The van der Waals surface area contributed by atoms with Crippen molar-refractivity contribution in [1.29, 1.82) is 0 Å². The van der Waals surface area contributed by atoms with Gasteiger partial charge < -0.3 is 9.47 Å². The van der Waals surface area contributed by atoms with E-state index in [-0.39, 0.29) is 0 Å². The quantitative estimate of drug-likeness (QED) is 0.316. The monoisotopic (exact) mass is 190 g/mol. The van der Waals surface area contributed by atoms with Gasteiger partial charge in [0.1, 0.15) is 11.5 Å². The van der Waals surface area contributed by atoms with Gasteiger partial charge in [-0.3, -0.25) is 0 Å². The lowest BCUT2D eigenvalue weighted by atomic mass is 10.3. The highest BCUT2D eigenvalue weighted by Gasteiger charge is 2.00. The number of carbonyl (C=O) groups is 1. The first-order chi connectivity index (χ1) is 6.76. The van der Waals surface area contributed by atoms with Crippen molar-refractivity contribution in [2.45, 2.75) is 0 Å². The zero-order valence-corrected chi connectivity index (χ0v) is 7.60. The molecule has 1 aromatic rings. The van der Waals surface area contributed by atoms with E-state index in [0.29, 0.717) is 11.5 Å². The molecule has 0 atom stereocenters. The molecule has 0 N–H and O–H groups in total. The largest absolute Gasteiger partial charge is 0.465 e. The van der Waals surface area contributed by atoms with Crippen LogP contribution in [0, 0.1) is 0 Å². The molecule has 0 spiro atoms. The zero-order chi connectivity index (χ0) is 10.4. The standard InChI is InChI=1S/C11H10O3/c1-3-11(12)14-10-7-5-6-9(8-10)13-4-2/h3-8H,1-2H2. The Morgan fingerprint density at radius 3 is 2.64 bits per heavy atom. The van der Waals surface area contributed by atoms with E-state index in [4.69, 9.17) is 9.47 Å². The Balaban J connectivity index is 2.77. The van der Waals surface area contributed by atoms with Gasteiger partial charge in [0, 0.05) is 12.1 Å². The van der Waals surface area contributed by atoms with Crippen LogP contribution >= 0.6 is 0 Å². The Bertz CT molecular complexity index is 355. The molecule has 0 bridgehead atoms. The summed E-state index contributed by atoms with van der Waals surface area (Å²) in [4.78, 5) is 10.8. The van der Waals surface area contributed by atoms with Crippen molar-refractivity contribution in [1.82, 2.24) is 0 Å². The van der Waals surface area contributed by atoms with Gasteiger partial charge in [-0.15, -0.1) is 0 Å². The van der Waals surface area contributed by atoms with Crippen molar-refractivity contribution in [2.24, 2.45) is 0 Å². The molecule has 0 fully saturated rings. The van der Waals surface area contributed by atoms with E-state index in [2.05, 4.69) is 13.2 Å². The third kappa shape index (κ3) is 2.79. The van der Waals surface area contributed by atoms with Gasteiger partial charge >= 0.3 is 5.97 Å². The third-order valence-corrected chi connectivity index (χ3v) is 1.41. The van der Waals surface area contributed by atoms with Gasteiger partial charge in [-0.05, 0) is 12.1 Å². The van der Waals surface area contributed by atoms with Crippen molar-refractivity contribution < 1.29 is 14.3 Å². The van der Waals surface area contributed by atoms with E-state index >= 15 is 0 Å². The third-order valence-electron chi connectivity index (χ3n) is 1.41. The number of hydrogen-bond acceptors (Lipinski definition) is 3. The maximum absolute atomic E-state index is 10.8. The van der Waals surface area contributed by atoms with E-state index in [1.54, 1.807) is 24.3 Å². The van der Waals surface area contributed by atoms with Crippen LogP contribution in [-0.4, -0.2) is 5.97 Å². The van der Waals surface area contributed by atoms with Gasteiger partial charge in [-0.25, -0.2) is 4.79 Å². The Kier molecular flexibility index (Phi) is 3.49. The first-order valence-corrected chi connectivity index (χ1v) is 3.98. The Labute approximate surface area is 82.3 Å². The van der Waals surface area contributed by atoms with Crippen LogP contribution in [0.1, 0.15) is 0 Å². The molecule has 0 aliphatic rings. The molecule has 72 valence electrons. The molecule has 14 heavy (non-hydrogen) atoms. The van der Waals surface area contributed by atoms with Crippen LogP contribution in [0.4, 0.5) is 0 Å². The Morgan fingerprint density at radius 2 is 2.00 bits per heavy atom. The fraction of sp³-hybridized carbons (Fsp3) is 0. The summed E-state index contributed by atoms with van der Waals surface area (Å²) in [5.41, 5.74) is 0. The molecule has 3 nitrogen and oxygen atoms in total. The molecule has 0 aliphatic carbocycles. The Morgan fingerprint density at radius 1 is 1.29 bits per heavy atom. The van der Waals surface area contributed by atoms with E-state index in [1.165, 1.54) is 6.26 Å². The van der Waals surface area contributed by atoms with Crippen molar-refractivity contribution in [3.8, 4) is 11.5 Å². The summed E-state index contributed by atoms with van der Waals surface area (Å²) in [7, 11) is 0. The summed E-state index contributed by atoms with van der Waals surface area (Å²) < 4.78 is 9.89. The maximum atomic E-state index is 10.8. The summed E-state index contributed by atoms with van der Waals surface area (Å²) in [5.74, 6) is 0.476.